The Morgan fingerprint density at radius 2 is 2.04 bits per heavy atom. The molecule has 2 amide bonds. The third-order valence-electron chi connectivity index (χ3n) is 4.39. The fourth-order valence-corrected chi connectivity index (χ4v) is 3.66. The van der Waals surface area contributed by atoms with Crippen LogP contribution in [0, 0.1) is 0 Å². The summed E-state index contributed by atoms with van der Waals surface area (Å²) in [5.41, 5.74) is 1.39. The van der Waals surface area contributed by atoms with Crippen molar-refractivity contribution in [2.75, 3.05) is 17.2 Å². The third kappa shape index (κ3) is 3.75. The molecule has 1 aromatic heterocycles. The second-order valence-electron chi connectivity index (χ2n) is 6.22. The number of thioether (sulfide) groups is 1. The number of rotatable bonds is 6. The summed E-state index contributed by atoms with van der Waals surface area (Å²) in [4.78, 5) is 26.1. The van der Waals surface area contributed by atoms with Gasteiger partial charge in [-0.25, -0.2) is 0 Å². The lowest BCUT2D eigenvalue weighted by atomic mass is 10.1. The number of carbonyl (C=O) groups excluding carboxylic acids is 2. The molecule has 26 heavy (non-hydrogen) atoms. The normalized spacial score (nSPS) is 15.3. The Labute approximate surface area is 157 Å². The first kappa shape index (κ1) is 18.4. The average Bonchev–Trinajstić information content (AvgIpc) is 3.22. The van der Waals surface area contributed by atoms with Crippen molar-refractivity contribution in [1.29, 1.82) is 0 Å². The average molecular weight is 373 g/mol. The van der Waals surface area contributed by atoms with E-state index in [9.17, 15) is 9.59 Å². The van der Waals surface area contributed by atoms with E-state index >= 15 is 0 Å². The second kappa shape index (κ2) is 7.90. The van der Waals surface area contributed by atoms with Crippen molar-refractivity contribution in [3.63, 3.8) is 0 Å². The molecule has 1 unspecified atom stereocenters. The van der Waals surface area contributed by atoms with Gasteiger partial charge in [0.1, 0.15) is 0 Å². The van der Waals surface area contributed by atoms with Gasteiger partial charge in [-0.1, -0.05) is 18.7 Å². The van der Waals surface area contributed by atoms with Crippen LogP contribution >= 0.6 is 11.8 Å². The maximum Gasteiger partial charge on any atom is 0.251 e. The Morgan fingerprint density at radius 1 is 1.31 bits per heavy atom. The summed E-state index contributed by atoms with van der Waals surface area (Å²) in [6.07, 6.45) is 1.48. The smallest absolute Gasteiger partial charge is 0.251 e. The van der Waals surface area contributed by atoms with Gasteiger partial charge >= 0.3 is 0 Å². The largest absolute Gasteiger partial charge is 0.342 e. The molecular formula is C18H23N5O2S. The van der Waals surface area contributed by atoms with E-state index in [-0.39, 0.29) is 17.9 Å². The quantitative estimate of drug-likeness (QED) is 0.787. The molecule has 1 fully saturated rings. The molecule has 1 aliphatic rings. The Morgan fingerprint density at radius 3 is 2.65 bits per heavy atom. The minimum atomic E-state index is -0.258. The zero-order valence-electron chi connectivity index (χ0n) is 15.2. The van der Waals surface area contributed by atoms with Crippen LogP contribution in [0.2, 0.25) is 0 Å². The van der Waals surface area contributed by atoms with Crippen molar-refractivity contribution < 1.29 is 9.59 Å². The summed E-state index contributed by atoms with van der Waals surface area (Å²) in [7, 11) is 1.90. The summed E-state index contributed by atoms with van der Waals surface area (Å²) in [5.74, 6) is 1.59. The van der Waals surface area contributed by atoms with Crippen LogP contribution in [0.5, 0.6) is 0 Å². The number of anilines is 1. The molecule has 0 bridgehead atoms. The summed E-state index contributed by atoms with van der Waals surface area (Å²) >= 11 is 1.61. The highest BCUT2D eigenvalue weighted by atomic mass is 32.2. The van der Waals surface area contributed by atoms with Gasteiger partial charge in [0.15, 0.2) is 11.0 Å². The van der Waals surface area contributed by atoms with E-state index in [0.29, 0.717) is 17.8 Å². The van der Waals surface area contributed by atoms with Crippen molar-refractivity contribution in [3.8, 4) is 0 Å². The fourth-order valence-electron chi connectivity index (χ4n) is 3.02. The van der Waals surface area contributed by atoms with Crippen LogP contribution in [0.25, 0.3) is 0 Å². The molecule has 0 spiro atoms. The predicted molar refractivity (Wildman–Crippen MR) is 101 cm³/mol. The summed E-state index contributed by atoms with van der Waals surface area (Å²) in [5, 5.41) is 12.1. The van der Waals surface area contributed by atoms with Gasteiger partial charge in [0.25, 0.3) is 5.91 Å². The highest BCUT2D eigenvalue weighted by Crippen LogP contribution is 2.22. The number of aromatic nitrogens is 3. The molecule has 2 aromatic rings. The van der Waals surface area contributed by atoms with Gasteiger partial charge in [-0.2, -0.15) is 0 Å². The first-order valence-electron chi connectivity index (χ1n) is 8.74. The lowest BCUT2D eigenvalue weighted by molar-refractivity contribution is -0.117. The Kier molecular flexibility index (Phi) is 5.61. The monoisotopic (exact) mass is 373 g/mol. The molecule has 0 aliphatic carbocycles. The minimum Gasteiger partial charge on any atom is -0.342 e. The second-order valence-corrected chi connectivity index (χ2v) is 7.45. The van der Waals surface area contributed by atoms with Gasteiger partial charge in [-0.15, -0.1) is 10.2 Å². The summed E-state index contributed by atoms with van der Waals surface area (Å²) in [6.45, 7) is 4.69. The molecule has 1 aliphatic heterocycles. The maximum absolute atomic E-state index is 12.5. The highest BCUT2D eigenvalue weighted by Gasteiger charge is 2.22. The minimum absolute atomic E-state index is 0.138. The Hall–Kier alpha value is -2.35. The van der Waals surface area contributed by atoms with E-state index in [0.717, 1.165) is 29.6 Å². The number of hydrogen-bond donors (Lipinski definition) is 1. The topological polar surface area (TPSA) is 80.1 Å². The van der Waals surface area contributed by atoms with Crippen LogP contribution < -0.4 is 10.2 Å². The predicted octanol–water partition coefficient (Wildman–Crippen LogP) is 2.54. The van der Waals surface area contributed by atoms with Crippen molar-refractivity contribution in [2.45, 2.75) is 37.9 Å². The highest BCUT2D eigenvalue weighted by molar-refractivity contribution is 7.99. The molecule has 0 radical (unpaired) electrons. The summed E-state index contributed by atoms with van der Waals surface area (Å²) < 4.78 is 1.90. The number of carbonyl (C=O) groups is 2. The van der Waals surface area contributed by atoms with Gasteiger partial charge in [0.05, 0.1) is 6.04 Å². The Bertz CT molecular complexity index is 802. The van der Waals surface area contributed by atoms with Gasteiger partial charge < -0.3 is 14.8 Å². The van der Waals surface area contributed by atoms with Crippen LogP contribution in [0.1, 0.15) is 48.9 Å². The van der Waals surface area contributed by atoms with Crippen LogP contribution in [0.3, 0.4) is 0 Å². The molecule has 1 aromatic carbocycles. The molecule has 3 rings (SSSR count). The van der Waals surface area contributed by atoms with Crippen LogP contribution in [-0.2, 0) is 11.8 Å². The lowest BCUT2D eigenvalue weighted by Gasteiger charge is -2.17. The molecular weight excluding hydrogens is 350 g/mol. The van der Waals surface area contributed by atoms with Gasteiger partial charge in [0.2, 0.25) is 5.91 Å². The van der Waals surface area contributed by atoms with E-state index in [2.05, 4.69) is 22.4 Å². The number of hydrogen-bond acceptors (Lipinski definition) is 5. The first-order chi connectivity index (χ1) is 12.5. The van der Waals surface area contributed by atoms with Crippen LogP contribution in [0.4, 0.5) is 5.69 Å². The van der Waals surface area contributed by atoms with E-state index in [1.165, 1.54) is 0 Å². The van der Waals surface area contributed by atoms with Crippen LogP contribution in [0.15, 0.2) is 29.4 Å². The number of amides is 2. The molecule has 8 heteroatoms. The number of nitrogens with zero attached hydrogens (tertiary/aromatic N) is 4. The molecule has 1 saturated heterocycles. The molecule has 0 saturated carbocycles. The molecule has 2 heterocycles. The van der Waals surface area contributed by atoms with Crippen molar-refractivity contribution >= 4 is 29.3 Å². The number of nitrogens with one attached hydrogen (secondary N) is 1. The zero-order chi connectivity index (χ0) is 18.7. The fraction of sp³-hybridized carbons (Fsp3) is 0.444. The van der Waals surface area contributed by atoms with E-state index in [1.807, 2.05) is 30.7 Å². The standard InChI is InChI=1S/C18H23N5O2S/c1-4-26-18-21-20-16(22(18)3)12(2)19-17(25)13-7-9-14(10-8-13)23-11-5-6-15(23)24/h7-10,12H,4-6,11H2,1-3H3,(H,19,25). The molecule has 138 valence electrons. The number of benzene rings is 1. The van der Waals surface area contributed by atoms with Gasteiger partial charge in [0, 0.05) is 31.3 Å². The van der Waals surface area contributed by atoms with E-state index in [4.69, 9.17) is 0 Å². The molecule has 7 nitrogen and oxygen atoms in total. The maximum atomic E-state index is 12.5. The van der Waals surface area contributed by atoms with Gasteiger partial charge in [-0.05, 0) is 43.4 Å². The van der Waals surface area contributed by atoms with Crippen molar-refractivity contribution in [3.05, 3.63) is 35.7 Å². The molecule has 1 atom stereocenters. The molecule has 1 N–H and O–H groups in total. The van der Waals surface area contributed by atoms with Crippen molar-refractivity contribution in [2.24, 2.45) is 7.05 Å². The van der Waals surface area contributed by atoms with Crippen LogP contribution in [-0.4, -0.2) is 38.9 Å². The zero-order valence-corrected chi connectivity index (χ0v) is 16.0. The summed E-state index contributed by atoms with van der Waals surface area (Å²) in [6, 6.07) is 6.88. The van der Waals surface area contributed by atoms with E-state index in [1.54, 1.807) is 28.8 Å². The van der Waals surface area contributed by atoms with Crippen molar-refractivity contribution in [1.82, 2.24) is 20.1 Å². The van der Waals surface area contributed by atoms with Gasteiger partial charge in [-0.3, -0.25) is 9.59 Å². The third-order valence-corrected chi connectivity index (χ3v) is 5.29. The van der Waals surface area contributed by atoms with E-state index < -0.39 is 0 Å². The Balaban J connectivity index is 1.67. The first-order valence-corrected chi connectivity index (χ1v) is 9.73. The SMILES string of the molecule is CCSc1nnc(C(C)NC(=O)c2ccc(N3CCCC3=O)cc2)n1C. The lowest BCUT2D eigenvalue weighted by Crippen LogP contribution is -2.28.